The summed E-state index contributed by atoms with van der Waals surface area (Å²) in [6.45, 7) is 2.14. The number of hydrogen-bond acceptors (Lipinski definition) is 2. The molecule has 0 aliphatic heterocycles. The van der Waals surface area contributed by atoms with Crippen molar-refractivity contribution in [2.45, 2.75) is 26.2 Å². The van der Waals surface area contributed by atoms with Crippen LogP contribution in [0.1, 0.15) is 25.3 Å². The lowest BCUT2D eigenvalue weighted by atomic mass is 10.1. The average molecular weight is 218 g/mol. The van der Waals surface area contributed by atoms with Gasteiger partial charge in [0.1, 0.15) is 0 Å². The Balaban J connectivity index is 2.49. The molecular formula is C12H14N2O2. The van der Waals surface area contributed by atoms with Gasteiger partial charge in [0.2, 0.25) is 0 Å². The molecule has 0 spiro atoms. The monoisotopic (exact) mass is 218 g/mol. The van der Waals surface area contributed by atoms with Crippen molar-refractivity contribution in [2.75, 3.05) is 0 Å². The lowest BCUT2D eigenvalue weighted by Crippen LogP contribution is -2.28. The van der Waals surface area contributed by atoms with Crippen molar-refractivity contribution >= 4 is 11.0 Å². The van der Waals surface area contributed by atoms with Gasteiger partial charge >= 0.3 is 11.1 Å². The topological polar surface area (TPSA) is 65.7 Å². The Morgan fingerprint density at radius 3 is 2.44 bits per heavy atom. The van der Waals surface area contributed by atoms with Crippen molar-refractivity contribution in [3.8, 4) is 0 Å². The maximum Gasteiger partial charge on any atom is 0.314 e. The second-order valence-electron chi connectivity index (χ2n) is 3.89. The van der Waals surface area contributed by atoms with Crippen molar-refractivity contribution < 1.29 is 0 Å². The first-order valence-corrected chi connectivity index (χ1v) is 5.46. The predicted octanol–water partition coefficient (Wildman–Crippen LogP) is 1.56. The molecular weight excluding hydrogens is 204 g/mol. The van der Waals surface area contributed by atoms with Crippen LogP contribution in [0.4, 0.5) is 0 Å². The number of aryl methyl sites for hydroxylation is 1. The first-order valence-electron chi connectivity index (χ1n) is 5.46. The minimum Gasteiger partial charge on any atom is -0.316 e. The molecule has 2 aromatic rings. The van der Waals surface area contributed by atoms with Crippen LogP contribution >= 0.6 is 0 Å². The minimum absolute atomic E-state index is 0.597. The van der Waals surface area contributed by atoms with Gasteiger partial charge in [0.05, 0.1) is 11.0 Å². The molecule has 0 fully saturated rings. The number of unbranched alkanes of at least 4 members (excludes halogenated alkanes) is 1. The van der Waals surface area contributed by atoms with Crippen molar-refractivity contribution in [3.63, 3.8) is 0 Å². The molecule has 0 radical (unpaired) electrons. The summed E-state index contributed by atoms with van der Waals surface area (Å²) in [4.78, 5) is 27.4. The van der Waals surface area contributed by atoms with E-state index in [-0.39, 0.29) is 0 Å². The fraction of sp³-hybridized carbons (Fsp3) is 0.333. The van der Waals surface area contributed by atoms with E-state index in [0.29, 0.717) is 11.0 Å². The Hall–Kier alpha value is -1.84. The van der Waals surface area contributed by atoms with Gasteiger partial charge in [-0.2, -0.15) is 0 Å². The summed E-state index contributed by atoms with van der Waals surface area (Å²) in [6.07, 6.45) is 3.26. The van der Waals surface area contributed by atoms with E-state index in [0.717, 1.165) is 19.3 Å². The lowest BCUT2D eigenvalue weighted by molar-refractivity contribution is 0.795. The van der Waals surface area contributed by atoms with Crippen molar-refractivity contribution in [1.82, 2.24) is 9.97 Å². The van der Waals surface area contributed by atoms with Crippen LogP contribution in [0.15, 0.2) is 27.8 Å². The van der Waals surface area contributed by atoms with Crippen LogP contribution < -0.4 is 11.1 Å². The Kier molecular flexibility index (Phi) is 2.90. The van der Waals surface area contributed by atoms with E-state index in [4.69, 9.17) is 0 Å². The van der Waals surface area contributed by atoms with Gasteiger partial charge in [-0.1, -0.05) is 19.4 Å². The minimum atomic E-state index is -0.603. The molecule has 2 N–H and O–H groups in total. The van der Waals surface area contributed by atoms with E-state index in [9.17, 15) is 9.59 Å². The summed E-state index contributed by atoms with van der Waals surface area (Å²) in [5.41, 5.74) is 1.34. The predicted molar refractivity (Wildman–Crippen MR) is 63.8 cm³/mol. The summed E-state index contributed by atoms with van der Waals surface area (Å²) >= 11 is 0. The molecule has 16 heavy (non-hydrogen) atoms. The van der Waals surface area contributed by atoms with Crippen molar-refractivity contribution in [2.24, 2.45) is 0 Å². The van der Waals surface area contributed by atoms with Gasteiger partial charge < -0.3 is 9.97 Å². The highest BCUT2D eigenvalue weighted by Gasteiger charge is 2.00. The Morgan fingerprint density at radius 2 is 1.75 bits per heavy atom. The average Bonchev–Trinajstić information content (AvgIpc) is 2.28. The molecule has 2 rings (SSSR count). The Labute approximate surface area is 92.3 Å². The summed E-state index contributed by atoms with van der Waals surface area (Å²) < 4.78 is 0. The number of H-pyrrole nitrogens is 2. The second-order valence-corrected chi connectivity index (χ2v) is 3.89. The van der Waals surface area contributed by atoms with Crippen LogP contribution in [-0.4, -0.2) is 9.97 Å². The Bertz CT molecular complexity index is 610. The molecule has 0 unspecified atom stereocenters. The van der Waals surface area contributed by atoms with E-state index >= 15 is 0 Å². The van der Waals surface area contributed by atoms with E-state index in [1.54, 1.807) is 0 Å². The molecule has 0 aliphatic rings. The Morgan fingerprint density at radius 1 is 1.06 bits per heavy atom. The third kappa shape index (κ3) is 2.05. The summed E-state index contributed by atoms with van der Waals surface area (Å²) in [6, 6.07) is 5.73. The number of benzene rings is 1. The lowest BCUT2D eigenvalue weighted by Gasteiger charge is -2.02. The highest BCUT2D eigenvalue weighted by atomic mass is 16.2. The number of hydrogen-bond donors (Lipinski definition) is 2. The van der Waals surface area contributed by atoms with Gasteiger partial charge in [0.15, 0.2) is 0 Å². The zero-order valence-corrected chi connectivity index (χ0v) is 9.17. The van der Waals surface area contributed by atoms with Crippen LogP contribution in [0.3, 0.4) is 0 Å². The first kappa shape index (κ1) is 10.7. The second kappa shape index (κ2) is 4.35. The molecule has 0 saturated heterocycles. The number of rotatable bonds is 3. The van der Waals surface area contributed by atoms with Crippen molar-refractivity contribution in [3.05, 3.63) is 44.5 Å². The molecule has 0 saturated carbocycles. The molecule has 4 nitrogen and oxygen atoms in total. The van der Waals surface area contributed by atoms with Crippen LogP contribution in [0.5, 0.6) is 0 Å². The van der Waals surface area contributed by atoms with Crippen LogP contribution in [0.25, 0.3) is 11.0 Å². The van der Waals surface area contributed by atoms with Crippen molar-refractivity contribution in [1.29, 1.82) is 0 Å². The zero-order valence-electron chi connectivity index (χ0n) is 9.17. The first-order chi connectivity index (χ1) is 7.70. The highest BCUT2D eigenvalue weighted by Crippen LogP contribution is 2.11. The maximum atomic E-state index is 11.2. The normalized spacial score (nSPS) is 10.8. The smallest absolute Gasteiger partial charge is 0.314 e. The fourth-order valence-electron chi connectivity index (χ4n) is 1.70. The van der Waals surface area contributed by atoms with Crippen LogP contribution in [0.2, 0.25) is 0 Å². The zero-order chi connectivity index (χ0) is 11.5. The SMILES string of the molecule is CCCCc1ccc2[nH]c(=O)c(=O)[nH]c2c1. The van der Waals surface area contributed by atoms with Gasteiger partial charge in [0.25, 0.3) is 0 Å². The number of aromatic nitrogens is 2. The van der Waals surface area contributed by atoms with E-state index in [1.807, 2.05) is 18.2 Å². The quantitative estimate of drug-likeness (QED) is 0.768. The molecule has 0 amide bonds. The molecule has 1 aromatic carbocycles. The van der Waals surface area contributed by atoms with Crippen LogP contribution in [0, 0.1) is 0 Å². The third-order valence-electron chi connectivity index (χ3n) is 2.61. The van der Waals surface area contributed by atoms with Gasteiger partial charge in [-0.05, 0) is 30.5 Å². The number of nitrogens with one attached hydrogen (secondary N) is 2. The van der Waals surface area contributed by atoms with E-state index < -0.39 is 11.1 Å². The largest absolute Gasteiger partial charge is 0.316 e. The van der Waals surface area contributed by atoms with Gasteiger partial charge in [-0.25, -0.2) is 0 Å². The molecule has 0 atom stereocenters. The van der Waals surface area contributed by atoms with Gasteiger partial charge in [0, 0.05) is 0 Å². The summed E-state index contributed by atoms with van der Waals surface area (Å²) in [7, 11) is 0. The van der Waals surface area contributed by atoms with E-state index in [1.165, 1.54) is 5.56 Å². The maximum absolute atomic E-state index is 11.2. The van der Waals surface area contributed by atoms with E-state index in [2.05, 4.69) is 16.9 Å². The van der Waals surface area contributed by atoms with Gasteiger partial charge in [-0.3, -0.25) is 9.59 Å². The summed E-state index contributed by atoms with van der Waals surface area (Å²) in [5.74, 6) is 0. The number of aromatic amines is 2. The fourth-order valence-corrected chi connectivity index (χ4v) is 1.70. The molecule has 4 heteroatoms. The molecule has 1 aromatic heterocycles. The highest BCUT2D eigenvalue weighted by molar-refractivity contribution is 5.74. The molecule has 0 bridgehead atoms. The molecule has 0 aliphatic carbocycles. The molecule has 1 heterocycles. The molecule has 84 valence electrons. The number of fused-ring (bicyclic) bond motifs is 1. The van der Waals surface area contributed by atoms with Gasteiger partial charge in [-0.15, -0.1) is 0 Å². The standard InChI is InChI=1S/C12H14N2O2/c1-2-3-4-8-5-6-9-10(7-8)14-12(16)11(15)13-9/h5-7H,2-4H2,1H3,(H,13,15)(H,14,16). The summed E-state index contributed by atoms with van der Waals surface area (Å²) in [5, 5.41) is 0. The van der Waals surface area contributed by atoms with Crippen LogP contribution in [-0.2, 0) is 6.42 Å². The third-order valence-corrected chi connectivity index (χ3v) is 2.61.